The molecule has 0 saturated carbocycles. The number of rotatable bonds is 3. The number of piperidine rings is 1. The van der Waals surface area contributed by atoms with Gasteiger partial charge in [0, 0.05) is 19.6 Å². The van der Waals surface area contributed by atoms with Gasteiger partial charge in [-0.25, -0.2) is 5.01 Å². The predicted octanol–water partition coefficient (Wildman–Crippen LogP) is -0.00670. The van der Waals surface area contributed by atoms with Crippen LogP contribution in [0.5, 0.6) is 0 Å². The maximum Gasteiger partial charge on any atom is 0.317 e. The van der Waals surface area contributed by atoms with Crippen molar-refractivity contribution in [2.75, 3.05) is 39.8 Å². The molecule has 0 radical (unpaired) electrons. The summed E-state index contributed by atoms with van der Waals surface area (Å²) in [6, 6.07) is 0. The van der Waals surface area contributed by atoms with Crippen LogP contribution in [0.2, 0.25) is 0 Å². The highest BCUT2D eigenvalue weighted by Crippen LogP contribution is 2.39. The second-order valence-corrected chi connectivity index (χ2v) is 5.07. The van der Waals surface area contributed by atoms with Gasteiger partial charge in [-0.15, -0.1) is 0 Å². The van der Waals surface area contributed by atoms with Crippen molar-refractivity contribution >= 4 is 5.97 Å². The molecule has 1 spiro atoms. The van der Waals surface area contributed by atoms with Crippen LogP contribution in [0.1, 0.15) is 19.3 Å². The first kappa shape index (κ1) is 11.8. The largest absolute Gasteiger partial charge is 0.480 e. The third-order valence-electron chi connectivity index (χ3n) is 4.02. The third kappa shape index (κ3) is 2.53. The average Bonchev–Trinajstić information content (AvgIpc) is 2.62. The molecule has 16 heavy (non-hydrogen) atoms. The summed E-state index contributed by atoms with van der Waals surface area (Å²) in [7, 11) is 1.96. The number of nitrogens with one attached hydrogen (secondary N) is 1. The highest BCUT2D eigenvalue weighted by Gasteiger charge is 2.40. The van der Waals surface area contributed by atoms with Crippen LogP contribution in [0.3, 0.4) is 0 Å². The first-order chi connectivity index (χ1) is 7.63. The van der Waals surface area contributed by atoms with Gasteiger partial charge in [-0.1, -0.05) is 0 Å². The van der Waals surface area contributed by atoms with E-state index in [1.54, 1.807) is 0 Å². The van der Waals surface area contributed by atoms with Gasteiger partial charge >= 0.3 is 5.97 Å². The number of hydrazine groups is 1. The van der Waals surface area contributed by atoms with Gasteiger partial charge in [-0.05, 0) is 38.3 Å². The molecule has 2 heterocycles. The number of likely N-dealkylation sites (tertiary alicyclic amines) is 1. The van der Waals surface area contributed by atoms with Gasteiger partial charge in [-0.3, -0.25) is 15.1 Å². The van der Waals surface area contributed by atoms with E-state index in [1.807, 2.05) is 7.05 Å². The number of carboxylic acid groups (broad SMARTS) is 1. The molecule has 2 saturated heterocycles. The van der Waals surface area contributed by atoms with E-state index in [2.05, 4.69) is 15.3 Å². The number of hydrogen-bond donors (Lipinski definition) is 2. The van der Waals surface area contributed by atoms with Crippen molar-refractivity contribution in [2.24, 2.45) is 5.41 Å². The van der Waals surface area contributed by atoms with Gasteiger partial charge in [0.2, 0.25) is 0 Å². The summed E-state index contributed by atoms with van der Waals surface area (Å²) >= 11 is 0. The number of nitrogens with zero attached hydrogens (tertiary/aromatic N) is 2. The molecule has 0 atom stereocenters. The standard InChI is InChI=1S/C11H21N3O2/c1-12-14-6-3-11(4-7-14)2-5-13(9-11)8-10(15)16/h12H,2-9H2,1H3,(H,15,16). The summed E-state index contributed by atoms with van der Waals surface area (Å²) in [6.45, 7) is 4.29. The zero-order valence-corrected chi connectivity index (χ0v) is 9.91. The molecule has 0 aromatic rings. The van der Waals surface area contributed by atoms with Crippen LogP contribution >= 0.6 is 0 Å². The minimum atomic E-state index is -0.704. The van der Waals surface area contributed by atoms with Gasteiger partial charge in [0.15, 0.2) is 0 Å². The Morgan fingerprint density at radius 2 is 1.94 bits per heavy atom. The lowest BCUT2D eigenvalue weighted by Gasteiger charge is -2.38. The van der Waals surface area contributed by atoms with Crippen LogP contribution in [0.4, 0.5) is 0 Å². The van der Waals surface area contributed by atoms with E-state index in [0.717, 1.165) is 32.6 Å². The lowest BCUT2D eigenvalue weighted by atomic mass is 9.78. The Balaban J connectivity index is 1.85. The van der Waals surface area contributed by atoms with Crippen LogP contribution in [0, 0.1) is 5.41 Å². The van der Waals surface area contributed by atoms with E-state index >= 15 is 0 Å². The molecule has 0 aromatic heterocycles. The van der Waals surface area contributed by atoms with Gasteiger partial charge in [0.25, 0.3) is 0 Å². The van der Waals surface area contributed by atoms with Gasteiger partial charge in [0.05, 0.1) is 6.54 Å². The quantitative estimate of drug-likeness (QED) is 0.710. The molecule has 2 aliphatic rings. The van der Waals surface area contributed by atoms with Crippen molar-refractivity contribution in [2.45, 2.75) is 19.3 Å². The number of hydrogen-bond acceptors (Lipinski definition) is 4. The Bertz CT molecular complexity index is 262. The fourth-order valence-electron chi connectivity index (χ4n) is 2.97. The fourth-order valence-corrected chi connectivity index (χ4v) is 2.97. The number of carbonyl (C=O) groups is 1. The van der Waals surface area contributed by atoms with Gasteiger partial charge in [0.1, 0.15) is 0 Å². The minimum absolute atomic E-state index is 0.206. The van der Waals surface area contributed by atoms with Crippen molar-refractivity contribution in [1.29, 1.82) is 0 Å². The van der Waals surface area contributed by atoms with Crippen molar-refractivity contribution in [1.82, 2.24) is 15.3 Å². The third-order valence-corrected chi connectivity index (χ3v) is 4.02. The Morgan fingerprint density at radius 1 is 1.31 bits per heavy atom. The zero-order chi connectivity index (χ0) is 11.6. The molecule has 0 aliphatic carbocycles. The first-order valence-electron chi connectivity index (χ1n) is 6.00. The molecule has 2 fully saturated rings. The van der Waals surface area contributed by atoms with Crippen LogP contribution in [0.25, 0.3) is 0 Å². The fraction of sp³-hybridized carbons (Fsp3) is 0.909. The van der Waals surface area contributed by atoms with Crippen LogP contribution < -0.4 is 5.43 Å². The van der Waals surface area contributed by atoms with E-state index in [-0.39, 0.29) is 6.54 Å². The molecule has 2 aliphatic heterocycles. The maximum atomic E-state index is 10.7. The van der Waals surface area contributed by atoms with Crippen LogP contribution in [-0.2, 0) is 4.79 Å². The molecule has 5 nitrogen and oxygen atoms in total. The summed E-state index contributed by atoms with van der Waals surface area (Å²) in [5.41, 5.74) is 3.57. The average molecular weight is 227 g/mol. The summed E-state index contributed by atoms with van der Waals surface area (Å²) in [5.74, 6) is -0.704. The molecule has 92 valence electrons. The van der Waals surface area contributed by atoms with Crippen molar-refractivity contribution in [3.8, 4) is 0 Å². The Morgan fingerprint density at radius 3 is 2.50 bits per heavy atom. The van der Waals surface area contributed by atoms with Crippen molar-refractivity contribution in [3.05, 3.63) is 0 Å². The van der Waals surface area contributed by atoms with E-state index in [9.17, 15) is 4.79 Å². The summed E-state index contributed by atoms with van der Waals surface area (Å²) in [6.07, 6.45) is 3.53. The SMILES string of the molecule is CNN1CCC2(CCN(CC(=O)O)C2)CC1. The van der Waals surface area contributed by atoms with E-state index in [1.165, 1.54) is 12.8 Å². The zero-order valence-electron chi connectivity index (χ0n) is 9.91. The van der Waals surface area contributed by atoms with E-state index in [4.69, 9.17) is 5.11 Å². The van der Waals surface area contributed by atoms with Crippen LogP contribution in [0.15, 0.2) is 0 Å². The molecule has 0 amide bonds. The highest BCUT2D eigenvalue weighted by atomic mass is 16.4. The van der Waals surface area contributed by atoms with Crippen LogP contribution in [-0.4, -0.2) is 60.8 Å². The molecule has 0 unspecified atom stereocenters. The van der Waals surface area contributed by atoms with Gasteiger partial charge in [-0.2, -0.15) is 0 Å². The molecule has 5 heteroatoms. The Hall–Kier alpha value is -0.650. The lowest BCUT2D eigenvalue weighted by molar-refractivity contribution is -0.138. The topological polar surface area (TPSA) is 55.8 Å². The minimum Gasteiger partial charge on any atom is -0.480 e. The van der Waals surface area contributed by atoms with E-state index < -0.39 is 5.97 Å². The Kier molecular flexibility index (Phi) is 3.47. The van der Waals surface area contributed by atoms with E-state index in [0.29, 0.717) is 5.41 Å². The molecule has 2 N–H and O–H groups in total. The number of aliphatic carboxylic acids is 1. The Labute approximate surface area is 96.4 Å². The molecular weight excluding hydrogens is 206 g/mol. The number of carboxylic acids is 1. The summed E-state index contributed by atoms with van der Waals surface area (Å²) in [5, 5.41) is 11.0. The lowest BCUT2D eigenvalue weighted by Crippen LogP contribution is -2.46. The normalized spacial score (nSPS) is 26.3. The highest BCUT2D eigenvalue weighted by molar-refractivity contribution is 5.69. The second-order valence-electron chi connectivity index (χ2n) is 5.07. The second kappa shape index (κ2) is 4.69. The van der Waals surface area contributed by atoms with Crippen molar-refractivity contribution < 1.29 is 9.90 Å². The molecular formula is C11H21N3O2. The first-order valence-corrected chi connectivity index (χ1v) is 6.00. The van der Waals surface area contributed by atoms with Crippen molar-refractivity contribution in [3.63, 3.8) is 0 Å². The smallest absolute Gasteiger partial charge is 0.317 e. The monoisotopic (exact) mass is 227 g/mol. The molecule has 0 aromatic carbocycles. The molecule has 2 rings (SSSR count). The van der Waals surface area contributed by atoms with Gasteiger partial charge < -0.3 is 5.11 Å². The maximum absolute atomic E-state index is 10.7. The summed E-state index contributed by atoms with van der Waals surface area (Å²) in [4.78, 5) is 12.7. The molecule has 0 bridgehead atoms. The predicted molar refractivity (Wildman–Crippen MR) is 61.0 cm³/mol. The summed E-state index contributed by atoms with van der Waals surface area (Å²) < 4.78 is 0.